The molecule has 5 nitrogen and oxygen atoms in total. The number of hydrogen-bond acceptors (Lipinski definition) is 2. The van der Waals surface area contributed by atoms with Gasteiger partial charge in [0.2, 0.25) is 0 Å². The maximum atomic E-state index is 12.6. The van der Waals surface area contributed by atoms with Crippen molar-refractivity contribution in [2.45, 2.75) is 58.0 Å². The van der Waals surface area contributed by atoms with Crippen molar-refractivity contribution in [2.24, 2.45) is 5.92 Å². The van der Waals surface area contributed by atoms with E-state index in [0.717, 1.165) is 40.7 Å². The lowest BCUT2D eigenvalue weighted by molar-refractivity contribution is 0.262. The molecule has 0 aliphatic heterocycles. The Balaban J connectivity index is 1.29. The van der Waals surface area contributed by atoms with Crippen LogP contribution >= 0.6 is 0 Å². The summed E-state index contributed by atoms with van der Waals surface area (Å²) in [5, 5.41) is 9.59. The van der Waals surface area contributed by atoms with E-state index in [1.807, 2.05) is 60.8 Å². The Kier molecular flexibility index (Phi) is 7.62. The molecule has 0 radical (unpaired) electrons. The van der Waals surface area contributed by atoms with Crippen LogP contribution in [0.25, 0.3) is 11.3 Å². The number of hydrogen-bond donors (Lipinski definition) is 4. The van der Waals surface area contributed by atoms with E-state index < -0.39 is 0 Å². The summed E-state index contributed by atoms with van der Waals surface area (Å²) < 4.78 is 0. The molecule has 32 heavy (non-hydrogen) atoms. The van der Waals surface area contributed by atoms with Crippen molar-refractivity contribution in [3.8, 4) is 11.3 Å². The lowest BCUT2D eigenvalue weighted by Crippen LogP contribution is -2.29. The Morgan fingerprint density at radius 1 is 0.969 bits per heavy atom. The molecule has 1 aliphatic rings. The summed E-state index contributed by atoms with van der Waals surface area (Å²) in [6, 6.07) is 20.0. The van der Waals surface area contributed by atoms with Gasteiger partial charge in [-0.05, 0) is 60.7 Å². The molecule has 3 aromatic rings. The zero-order valence-electron chi connectivity index (χ0n) is 18.9. The fourth-order valence-corrected chi connectivity index (χ4v) is 4.61. The topological polar surface area (TPSA) is 68.9 Å². The number of benzene rings is 2. The van der Waals surface area contributed by atoms with Crippen LogP contribution in [0.2, 0.25) is 0 Å². The number of H-pyrrole nitrogens is 1. The zero-order valence-corrected chi connectivity index (χ0v) is 18.9. The second-order valence-electron chi connectivity index (χ2n) is 8.92. The fraction of sp³-hybridized carbons (Fsp3) is 0.370. The summed E-state index contributed by atoms with van der Waals surface area (Å²) >= 11 is 0. The molecule has 4 rings (SSSR count). The number of carbonyl (C=O) groups excluding carboxylic acids is 1. The van der Waals surface area contributed by atoms with Crippen molar-refractivity contribution in [2.75, 3.05) is 10.6 Å². The van der Waals surface area contributed by atoms with E-state index in [2.05, 4.69) is 33.9 Å². The van der Waals surface area contributed by atoms with Gasteiger partial charge in [0.15, 0.2) is 0 Å². The van der Waals surface area contributed by atoms with Crippen molar-refractivity contribution >= 4 is 17.4 Å². The Bertz CT molecular complexity index is 975. The largest absolute Gasteiger partial charge is 0.361 e. The van der Waals surface area contributed by atoms with Gasteiger partial charge in [-0.25, -0.2) is 4.79 Å². The first-order valence-electron chi connectivity index (χ1n) is 11.8. The third-order valence-corrected chi connectivity index (χ3v) is 6.37. The normalized spacial score (nSPS) is 15.3. The summed E-state index contributed by atoms with van der Waals surface area (Å²) in [7, 11) is 0. The highest BCUT2D eigenvalue weighted by Crippen LogP contribution is 2.27. The number of nitrogens with one attached hydrogen (secondary N) is 4. The molecule has 2 amide bonds. The number of aromatic nitrogens is 1. The summed E-state index contributed by atoms with van der Waals surface area (Å²) in [4.78, 5) is 15.8. The lowest BCUT2D eigenvalue weighted by atomic mass is 9.85. The first-order valence-corrected chi connectivity index (χ1v) is 11.8. The highest BCUT2D eigenvalue weighted by molar-refractivity contribution is 6.00. The molecular formula is C27H34N4O. The number of aromatic amines is 1. The minimum atomic E-state index is -0.236. The van der Waals surface area contributed by atoms with Crippen LogP contribution in [0.15, 0.2) is 66.9 Å². The molecule has 0 spiro atoms. The van der Waals surface area contributed by atoms with Crippen molar-refractivity contribution in [3.05, 3.63) is 72.4 Å². The standard InChI is InChI=1S/C27H34N4O/c1-20(18-21-8-3-2-4-9-21)29-19-23-10-5-6-11-26(23)31-27(32)30-24-15-13-22(14-16-24)25-12-7-17-28-25/h5-7,10-17,20-21,28-29H,2-4,8-9,18-19H2,1H3,(H2,30,31,32). The van der Waals surface area contributed by atoms with E-state index in [4.69, 9.17) is 0 Å². The van der Waals surface area contributed by atoms with E-state index in [-0.39, 0.29) is 6.03 Å². The SMILES string of the molecule is CC(CC1CCCCC1)NCc1ccccc1NC(=O)Nc1ccc(-c2ccc[nH]2)cc1. The Morgan fingerprint density at radius 3 is 2.50 bits per heavy atom. The van der Waals surface area contributed by atoms with Gasteiger partial charge < -0.3 is 20.9 Å². The van der Waals surface area contributed by atoms with Crippen LogP contribution in [0, 0.1) is 5.92 Å². The van der Waals surface area contributed by atoms with Crippen LogP contribution in [-0.2, 0) is 6.54 Å². The van der Waals surface area contributed by atoms with Crippen LogP contribution in [0.1, 0.15) is 51.0 Å². The molecule has 1 unspecified atom stereocenters. The van der Waals surface area contributed by atoms with Gasteiger partial charge in [0.1, 0.15) is 0 Å². The molecule has 1 saturated carbocycles. The average Bonchev–Trinajstić information content (AvgIpc) is 3.35. The molecule has 5 heteroatoms. The van der Waals surface area contributed by atoms with Gasteiger partial charge in [-0.3, -0.25) is 0 Å². The molecule has 0 saturated heterocycles. The molecule has 0 bridgehead atoms. The lowest BCUT2D eigenvalue weighted by Gasteiger charge is -2.25. The predicted octanol–water partition coefficient (Wildman–Crippen LogP) is 6.77. The predicted molar refractivity (Wildman–Crippen MR) is 133 cm³/mol. The average molecular weight is 431 g/mol. The van der Waals surface area contributed by atoms with Crippen LogP contribution in [-0.4, -0.2) is 17.1 Å². The van der Waals surface area contributed by atoms with Gasteiger partial charge in [0, 0.05) is 35.9 Å². The monoisotopic (exact) mass is 430 g/mol. The van der Waals surface area contributed by atoms with Crippen molar-refractivity contribution in [1.29, 1.82) is 0 Å². The smallest absolute Gasteiger partial charge is 0.323 e. The van der Waals surface area contributed by atoms with E-state index in [0.29, 0.717) is 6.04 Å². The van der Waals surface area contributed by atoms with Gasteiger partial charge in [0.05, 0.1) is 0 Å². The maximum absolute atomic E-state index is 12.6. The first-order chi connectivity index (χ1) is 15.7. The molecule has 1 atom stereocenters. The molecule has 2 aromatic carbocycles. The van der Waals surface area contributed by atoms with Gasteiger partial charge in [-0.1, -0.05) is 62.4 Å². The second-order valence-corrected chi connectivity index (χ2v) is 8.92. The van der Waals surface area contributed by atoms with Gasteiger partial charge in [-0.2, -0.15) is 0 Å². The summed E-state index contributed by atoms with van der Waals surface area (Å²) in [5.74, 6) is 0.855. The molecular weight excluding hydrogens is 396 g/mol. The quantitative estimate of drug-likeness (QED) is 0.318. The van der Waals surface area contributed by atoms with Crippen molar-refractivity contribution in [3.63, 3.8) is 0 Å². The minimum Gasteiger partial charge on any atom is -0.361 e. The number of amides is 2. The summed E-state index contributed by atoms with van der Waals surface area (Å²) in [6.07, 6.45) is 10.0. The van der Waals surface area contributed by atoms with E-state index >= 15 is 0 Å². The second kappa shape index (κ2) is 11.0. The van der Waals surface area contributed by atoms with Crippen molar-refractivity contribution in [1.82, 2.24) is 10.3 Å². The molecule has 1 fully saturated rings. The van der Waals surface area contributed by atoms with E-state index in [1.165, 1.54) is 38.5 Å². The Hall–Kier alpha value is -3.05. The molecule has 1 heterocycles. The molecule has 168 valence electrons. The molecule has 4 N–H and O–H groups in total. The minimum absolute atomic E-state index is 0.236. The number of rotatable bonds is 8. The number of para-hydroxylation sites is 1. The highest BCUT2D eigenvalue weighted by Gasteiger charge is 2.16. The van der Waals surface area contributed by atoms with Gasteiger partial charge in [-0.15, -0.1) is 0 Å². The molecule has 1 aromatic heterocycles. The number of carbonyl (C=O) groups is 1. The summed E-state index contributed by atoms with van der Waals surface area (Å²) in [6.45, 7) is 3.02. The fourth-order valence-electron chi connectivity index (χ4n) is 4.61. The van der Waals surface area contributed by atoms with E-state index in [9.17, 15) is 4.79 Å². The van der Waals surface area contributed by atoms with Crippen LogP contribution in [0.3, 0.4) is 0 Å². The first kappa shape index (κ1) is 22.2. The third-order valence-electron chi connectivity index (χ3n) is 6.37. The van der Waals surface area contributed by atoms with E-state index in [1.54, 1.807) is 0 Å². The van der Waals surface area contributed by atoms with Gasteiger partial charge >= 0.3 is 6.03 Å². The highest BCUT2D eigenvalue weighted by atomic mass is 16.2. The van der Waals surface area contributed by atoms with Crippen LogP contribution < -0.4 is 16.0 Å². The zero-order chi connectivity index (χ0) is 22.2. The maximum Gasteiger partial charge on any atom is 0.323 e. The molecule has 1 aliphatic carbocycles. The Morgan fingerprint density at radius 2 is 1.75 bits per heavy atom. The summed E-state index contributed by atoms with van der Waals surface area (Å²) in [5.41, 5.74) is 4.83. The van der Waals surface area contributed by atoms with Crippen LogP contribution in [0.5, 0.6) is 0 Å². The van der Waals surface area contributed by atoms with Gasteiger partial charge in [0.25, 0.3) is 0 Å². The number of urea groups is 1. The third kappa shape index (κ3) is 6.24. The Labute approximate surface area is 191 Å². The van der Waals surface area contributed by atoms with Crippen LogP contribution in [0.4, 0.5) is 16.2 Å². The van der Waals surface area contributed by atoms with Crippen molar-refractivity contribution < 1.29 is 4.79 Å². The number of anilines is 2.